The van der Waals surface area contributed by atoms with Crippen LogP contribution in [0, 0.1) is 6.92 Å². The zero-order valence-electron chi connectivity index (χ0n) is 13.5. The highest BCUT2D eigenvalue weighted by Crippen LogP contribution is 2.23. The Kier molecular flexibility index (Phi) is 4.56. The molecular formula is C18H24N4. The molecule has 1 aromatic heterocycles. The van der Waals surface area contributed by atoms with Crippen molar-refractivity contribution in [3.8, 4) is 0 Å². The molecular weight excluding hydrogens is 272 g/mol. The van der Waals surface area contributed by atoms with Crippen LogP contribution in [0.3, 0.4) is 0 Å². The third-order valence-corrected chi connectivity index (χ3v) is 4.14. The van der Waals surface area contributed by atoms with Crippen molar-refractivity contribution in [1.29, 1.82) is 0 Å². The summed E-state index contributed by atoms with van der Waals surface area (Å²) in [6.07, 6.45) is 4.79. The molecule has 22 heavy (non-hydrogen) atoms. The van der Waals surface area contributed by atoms with Gasteiger partial charge in [0.1, 0.15) is 5.82 Å². The molecule has 1 aliphatic heterocycles. The molecule has 0 atom stereocenters. The smallest absolute Gasteiger partial charge is 0.227 e. The molecule has 116 valence electrons. The average Bonchev–Trinajstić information content (AvgIpc) is 2.56. The normalized spacial score (nSPS) is 14.9. The summed E-state index contributed by atoms with van der Waals surface area (Å²) in [5, 5.41) is 3.47. The van der Waals surface area contributed by atoms with Gasteiger partial charge in [-0.1, -0.05) is 25.1 Å². The minimum absolute atomic E-state index is 0.858. The molecule has 0 spiro atoms. The lowest BCUT2D eigenvalue weighted by Crippen LogP contribution is -2.31. The molecule has 0 radical (unpaired) electrons. The molecule has 4 heteroatoms. The van der Waals surface area contributed by atoms with Crippen LogP contribution in [-0.4, -0.2) is 23.1 Å². The maximum atomic E-state index is 4.73. The third-order valence-electron chi connectivity index (χ3n) is 4.14. The van der Waals surface area contributed by atoms with E-state index in [2.05, 4.69) is 46.4 Å². The van der Waals surface area contributed by atoms with Gasteiger partial charge < -0.3 is 10.2 Å². The van der Waals surface area contributed by atoms with Crippen molar-refractivity contribution < 1.29 is 0 Å². The number of hydrogen-bond acceptors (Lipinski definition) is 4. The molecule has 1 aliphatic rings. The van der Waals surface area contributed by atoms with Crippen molar-refractivity contribution in [3.05, 3.63) is 41.6 Å². The predicted molar refractivity (Wildman–Crippen MR) is 91.9 cm³/mol. The van der Waals surface area contributed by atoms with E-state index in [1.807, 2.05) is 13.0 Å². The molecule has 1 N–H and O–H groups in total. The van der Waals surface area contributed by atoms with Crippen molar-refractivity contribution in [2.75, 3.05) is 23.3 Å². The Hall–Kier alpha value is -2.10. The largest absolute Gasteiger partial charge is 0.341 e. The fourth-order valence-electron chi connectivity index (χ4n) is 2.94. The van der Waals surface area contributed by atoms with E-state index >= 15 is 0 Å². The molecule has 1 saturated heterocycles. The van der Waals surface area contributed by atoms with Crippen LogP contribution in [0.2, 0.25) is 0 Å². The van der Waals surface area contributed by atoms with E-state index in [1.165, 1.54) is 24.8 Å². The highest BCUT2D eigenvalue weighted by molar-refractivity contribution is 5.61. The first-order valence-corrected chi connectivity index (χ1v) is 8.22. The number of benzene rings is 1. The first-order valence-electron chi connectivity index (χ1n) is 8.22. The third kappa shape index (κ3) is 3.38. The Morgan fingerprint density at radius 2 is 1.86 bits per heavy atom. The molecule has 0 aliphatic carbocycles. The van der Waals surface area contributed by atoms with Crippen LogP contribution in [0.4, 0.5) is 17.5 Å². The Labute approximate surface area is 132 Å². The van der Waals surface area contributed by atoms with Crippen molar-refractivity contribution in [1.82, 2.24) is 9.97 Å². The highest BCUT2D eigenvalue weighted by Gasteiger charge is 2.15. The van der Waals surface area contributed by atoms with E-state index in [0.717, 1.165) is 42.7 Å². The van der Waals surface area contributed by atoms with Crippen molar-refractivity contribution >= 4 is 17.5 Å². The number of aromatic nitrogens is 2. The van der Waals surface area contributed by atoms with Gasteiger partial charge in [-0.3, -0.25) is 0 Å². The number of nitrogens with zero attached hydrogens (tertiary/aromatic N) is 3. The summed E-state index contributed by atoms with van der Waals surface area (Å²) in [6, 6.07) is 10.4. The van der Waals surface area contributed by atoms with E-state index in [0.29, 0.717) is 0 Å². The summed E-state index contributed by atoms with van der Waals surface area (Å²) in [5.74, 6) is 1.74. The summed E-state index contributed by atoms with van der Waals surface area (Å²) >= 11 is 0. The summed E-state index contributed by atoms with van der Waals surface area (Å²) < 4.78 is 0. The molecule has 0 unspecified atom stereocenters. The highest BCUT2D eigenvalue weighted by atomic mass is 15.3. The number of nitrogens with one attached hydrogen (secondary N) is 1. The van der Waals surface area contributed by atoms with Gasteiger partial charge in [-0.15, -0.1) is 0 Å². The van der Waals surface area contributed by atoms with Gasteiger partial charge in [-0.25, -0.2) is 4.98 Å². The molecule has 1 fully saturated rings. The minimum Gasteiger partial charge on any atom is -0.341 e. The van der Waals surface area contributed by atoms with E-state index in [9.17, 15) is 0 Å². The SMILES string of the molecule is CCc1ccccc1Nc1cc(C)nc(N2CCCCC2)n1. The monoisotopic (exact) mass is 296 g/mol. The standard InChI is InChI=1S/C18H24N4/c1-3-15-9-5-6-10-16(15)20-17-13-14(2)19-18(21-17)22-11-7-4-8-12-22/h5-6,9-10,13H,3-4,7-8,11-12H2,1-2H3,(H,19,20,21). The van der Waals surface area contributed by atoms with E-state index < -0.39 is 0 Å². The molecule has 0 amide bonds. The quantitative estimate of drug-likeness (QED) is 0.923. The van der Waals surface area contributed by atoms with Crippen LogP contribution < -0.4 is 10.2 Å². The van der Waals surface area contributed by atoms with Gasteiger partial charge in [-0.05, 0) is 44.2 Å². The van der Waals surface area contributed by atoms with Crippen molar-refractivity contribution in [2.24, 2.45) is 0 Å². The average molecular weight is 296 g/mol. The molecule has 2 heterocycles. The minimum atomic E-state index is 0.858. The summed E-state index contributed by atoms with van der Waals surface area (Å²) in [7, 11) is 0. The van der Waals surface area contributed by atoms with Crippen LogP contribution in [0.1, 0.15) is 37.4 Å². The Morgan fingerprint density at radius 1 is 1.09 bits per heavy atom. The van der Waals surface area contributed by atoms with Gasteiger partial charge in [0.2, 0.25) is 5.95 Å². The Balaban J connectivity index is 1.85. The van der Waals surface area contributed by atoms with Gasteiger partial charge in [0.05, 0.1) is 0 Å². The molecule has 3 rings (SSSR count). The Bertz CT molecular complexity index is 633. The summed E-state index contributed by atoms with van der Waals surface area (Å²) in [4.78, 5) is 11.6. The topological polar surface area (TPSA) is 41.1 Å². The zero-order valence-corrected chi connectivity index (χ0v) is 13.5. The fourth-order valence-corrected chi connectivity index (χ4v) is 2.94. The lowest BCUT2D eigenvalue weighted by Gasteiger charge is -2.27. The van der Waals surface area contributed by atoms with E-state index in [4.69, 9.17) is 4.98 Å². The number of hydrogen-bond donors (Lipinski definition) is 1. The molecule has 0 bridgehead atoms. The van der Waals surface area contributed by atoms with Gasteiger partial charge in [0.15, 0.2) is 0 Å². The van der Waals surface area contributed by atoms with Gasteiger partial charge in [-0.2, -0.15) is 4.98 Å². The summed E-state index contributed by atoms with van der Waals surface area (Å²) in [5.41, 5.74) is 3.44. The second kappa shape index (κ2) is 6.77. The van der Waals surface area contributed by atoms with Crippen molar-refractivity contribution in [2.45, 2.75) is 39.5 Å². The predicted octanol–water partition coefficient (Wildman–Crippen LogP) is 4.08. The van der Waals surface area contributed by atoms with Gasteiger partial charge >= 0.3 is 0 Å². The first kappa shape index (κ1) is 14.8. The van der Waals surface area contributed by atoms with E-state index in [-0.39, 0.29) is 0 Å². The van der Waals surface area contributed by atoms with E-state index in [1.54, 1.807) is 0 Å². The van der Waals surface area contributed by atoms with Crippen LogP contribution in [0.5, 0.6) is 0 Å². The lowest BCUT2D eigenvalue weighted by molar-refractivity contribution is 0.568. The van der Waals surface area contributed by atoms with Crippen molar-refractivity contribution in [3.63, 3.8) is 0 Å². The molecule has 2 aromatic rings. The number of para-hydroxylation sites is 1. The molecule has 0 saturated carbocycles. The van der Waals surface area contributed by atoms with Crippen LogP contribution >= 0.6 is 0 Å². The molecule has 1 aromatic carbocycles. The van der Waals surface area contributed by atoms with Crippen LogP contribution in [0.15, 0.2) is 30.3 Å². The number of aryl methyl sites for hydroxylation is 2. The van der Waals surface area contributed by atoms with Gasteiger partial charge in [0, 0.05) is 30.5 Å². The van der Waals surface area contributed by atoms with Crippen LogP contribution in [-0.2, 0) is 6.42 Å². The summed E-state index contributed by atoms with van der Waals surface area (Å²) in [6.45, 7) is 6.33. The fraction of sp³-hybridized carbons (Fsp3) is 0.444. The first-order chi connectivity index (χ1) is 10.8. The lowest BCUT2D eigenvalue weighted by atomic mass is 10.1. The maximum absolute atomic E-state index is 4.73. The van der Waals surface area contributed by atoms with Crippen LogP contribution in [0.25, 0.3) is 0 Å². The van der Waals surface area contributed by atoms with Gasteiger partial charge in [0.25, 0.3) is 0 Å². The number of anilines is 3. The second-order valence-corrected chi connectivity index (χ2v) is 5.88. The number of rotatable bonds is 4. The maximum Gasteiger partial charge on any atom is 0.227 e. The Morgan fingerprint density at radius 3 is 2.64 bits per heavy atom. The molecule has 4 nitrogen and oxygen atoms in total. The second-order valence-electron chi connectivity index (χ2n) is 5.88. The zero-order chi connectivity index (χ0) is 15.4. The number of piperidine rings is 1.